The highest BCUT2D eigenvalue weighted by molar-refractivity contribution is 7.12. The number of amides is 1. The minimum atomic E-state index is -0.394. The Bertz CT molecular complexity index is 495. The lowest BCUT2D eigenvalue weighted by Gasteiger charge is -2.16. The fraction of sp³-hybridized carbons (Fsp3) is 0.0833. The van der Waals surface area contributed by atoms with Gasteiger partial charge in [-0.2, -0.15) is 0 Å². The molecule has 0 atom stereocenters. The normalized spacial score (nSPS) is 10.1. The number of nitrogens with zero attached hydrogens (tertiary/aromatic N) is 1. The molecule has 2 nitrogen and oxygen atoms in total. The molecule has 1 aromatic heterocycles. The third-order valence-electron chi connectivity index (χ3n) is 2.25. The van der Waals surface area contributed by atoms with Crippen molar-refractivity contribution in [2.75, 3.05) is 11.9 Å². The Morgan fingerprint density at radius 2 is 2.00 bits per heavy atom. The molecule has 0 aliphatic carbocycles. The molecule has 82 valence electrons. The van der Waals surface area contributed by atoms with Gasteiger partial charge in [0, 0.05) is 7.05 Å². The molecule has 2 rings (SSSR count). The van der Waals surface area contributed by atoms with Gasteiger partial charge in [-0.15, -0.1) is 11.3 Å². The number of para-hydroxylation sites is 1. The van der Waals surface area contributed by atoms with E-state index in [0.29, 0.717) is 10.6 Å². The highest BCUT2D eigenvalue weighted by atomic mass is 32.1. The van der Waals surface area contributed by atoms with Crippen molar-refractivity contribution in [2.24, 2.45) is 0 Å². The van der Waals surface area contributed by atoms with Gasteiger partial charge in [0.1, 0.15) is 5.82 Å². The Morgan fingerprint density at radius 1 is 1.25 bits per heavy atom. The summed E-state index contributed by atoms with van der Waals surface area (Å²) in [4.78, 5) is 13.9. The van der Waals surface area contributed by atoms with Crippen LogP contribution in [0.5, 0.6) is 0 Å². The third-order valence-corrected chi connectivity index (χ3v) is 3.11. The lowest BCUT2D eigenvalue weighted by atomic mass is 10.2. The summed E-state index contributed by atoms with van der Waals surface area (Å²) in [6.45, 7) is 0. The summed E-state index contributed by atoms with van der Waals surface area (Å²) in [6.07, 6.45) is 0. The number of carbonyl (C=O) groups excluding carboxylic acids is 1. The second-order valence-corrected chi connectivity index (χ2v) is 4.24. The van der Waals surface area contributed by atoms with Crippen LogP contribution in [0.15, 0.2) is 41.8 Å². The van der Waals surface area contributed by atoms with Crippen LogP contribution in [-0.4, -0.2) is 13.0 Å². The molecule has 0 bridgehead atoms. The largest absolute Gasteiger partial charge is 0.308 e. The summed E-state index contributed by atoms with van der Waals surface area (Å²) in [6, 6.07) is 9.75. The molecule has 2 aromatic rings. The SMILES string of the molecule is CN(C(=O)c1cccs1)c1ccccc1F. The molecule has 16 heavy (non-hydrogen) atoms. The second-order valence-electron chi connectivity index (χ2n) is 3.29. The summed E-state index contributed by atoms with van der Waals surface area (Å²) < 4.78 is 13.5. The number of rotatable bonds is 2. The first kappa shape index (κ1) is 10.8. The van der Waals surface area contributed by atoms with Crippen molar-refractivity contribution in [1.29, 1.82) is 0 Å². The Hall–Kier alpha value is -1.68. The molecule has 0 unspecified atom stereocenters. The van der Waals surface area contributed by atoms with Crippen molar-refractivity contribution in [1.82, 2.24) is 0 Å². The topological polar surface area (TPSA) is 20.3 Å². The standard InChI is InChI=1S/C12H10FNOS/c1-14(10-6-3-2-5-9(10)13)12(15)11-7-4-8-16-11/h2-8H,1H3. The van der Waals surface area contributed by atoms with Gasteiger partial charge < -0.3 is 4.90 Å². The van der Waals surface area contributed by atoms with E-state index in [1.54, 1.807) is 37.4 Å². The molecule has 0 spiro atoms. The molecule has 0 saturated carbocycles. The molecule has 1 aromatic carbocycles. The van der Waals surface area contributed by atoms with Crippen LogP contribution in [-0.2, 0) is 0 Å². The van der Waals surface area contributed by atoms with Crippen LogP contribution in [0.25, 0.3) is 0 Å². The maximum absolute atomic E-state index is 13.5. The van der Waals surface area contributed by atoms with Gasteiger partial charge in [0.25, 0.3) is 5.91 Å². The number of hydrogen-bond donors (Lipinski definition) is 0. The lowest BCUT2D eigenvalue weighted by molar-refractivity contribution is 0.0996. The zero-order valence-electron chi connectivity index (χ0n) is 8.68. The van der Waals surface area contributed by atoms with E-state index >= 15 is 0 Å². The molecule has 4 heteroatoms. The van der Waals surface area contributed by atoms with Crippen LogP contribution in [0.4, 0.5) is 10.1 Å². The number of carbonyl (C=O) groups is 1. The van der Waals surface area contributed by atoms with Crippen molar-refractivity contribution in [3.63, 3.8) is 0 Å². The summed E-state index contributed by atoms with van der Waals surface area (Å²) in [7, 11) is 1.57. The summed E-state index contributed by atoms with van der Waals surface area (Å²) in [5.41, 5.74) is 0.293. The molecular formula is C12H10FNOS. The van der Waals surface area contributed by atoms with E-state index < -0.39 is 5.82 Å². The van der Waals surface area contributed by atoms with Crippen molar-refractivity contribution in [3.05, 3.63) is 52.5 Å². The van der Waals surface area contributed by atoms with E-state index in [1.165, 1.54) is 22.3 Å². The molecule has 0 saturated heterocycles. The van der Waals surface area contributed by atoms with Gasteiger partial charge in [0.15, 0.2) is 0 Å². The highest BCUT2D eigenvalue weighted by Gasteiger charge is 2.16. The average molecular weight is 235 g/mol. The maximum Gasteiger partial charge on any atom is 0.268 e. The van der Waals surface area contributed by atoms with Gasteiger partial charge in [-0.3, -0.25) is 4.79 Å². The smallest absolute Gasteiger partial charge is 0.268 e. The highest BCUT2D eigenvalue weighted by Crippen LogP contribution is 2.20. The van der Waals surface area contributed by atoms with Crippen molar-refractivity contribution < 1.29 is 9.18 Å². The number of halogens is 1. The third kappa shape index (κ3) is 1.97. The second kappa shape index (κ2) is 4.45. The predicted molar refractivity (Wildman–Crippen MR) is 63.5 cm³/mol. The fourth-order valence-electron chi connectivity index (χ4n) is 1.40. The molecule has 0 fully saturated rings. The molecule has 1 heterocycles. The van der Waals surface area contributed by atoms with Gasteiger partial charge in [-0.25, -0.2) is 4.39 Å². The van der Waals surface area contributed by atoms with Crippen LogP contribution in [0.3, 0.4) is 0 Å². The summed E-state index contributed by atoms with van der Waals surface area (Å²) in [5.74, 6) is -0.588. The van der Waals surface area contributed by atoms with Crippen molar-refractivity contribution in [3.8, 4) is 0 Å². The fourth-order valence-corrected chi connectivity index (χ4v) is 2.10. The molecule has 0 aliphatic rings. The minimum absolute atomic E-state index is 0.194. The van der Waals surface area contributed by atoms with Crippen LogP contribution in [0, 0.1) is 5.82 Å². The van der Waals surface area contributed by atoms with Crippen molar-refractivity contribution in [2.45, 2.75) is 0 Å². The van der Waals surface area contributed by atoms with E-state index in [9.17, 15) is 9.18 Å². The Morgan fingerprint density at radius 3 is 2.62 bits per heavy atom. The summed E-state index contributed by atoms with van der Waals surface area (Å²) >= 11 is 1.35. The van der Waals surface area contributed by atoms with Gasteiger partial charge in [-0.05, 0) is 23.6 Å². The first-order chi connectivity index (χ1) is 7.70. The van der Waals surface area contributed by atoms with Crippen molar-refractivity contribution >= 4 is 22.9 Å². The summed E-state index contributed by atoms with van der Waals surface area (Å²) in [5, 5.41) is 1.82. The van der Waals surface area contributed by atoms with E-state index in [1.807, 2.05) is 5.38 Å². The molecular weight excluding hydrogens is 225 g/mol. The van der Waals surface area contributed by atoms with Gasteiger partial charge in [0.2, 0.25) is 0 Å². The molecule has 0 N–H and O–H groups in total. The zero-order valence-corrected chi connectivity index (χ0v) is 9.50. The van der Waals surface area contributed by atoms with Gasteiger partial charge in [-0.1, -0.05) is 18.2 Å². The average Bonchev–Trinajstić information content (AvgIpc) is 2.81. The molecule has 1 amide bonds. The van der Waals surface area contributed by atoms with Crippen LogP contribution in [0.2, 0.25) is 0 Å². The van der Waals surface area contributed by atoms with Crippen LogP contribution in [0.1, 0.15) is 9.67 Å². The number of anilines is 1. The Balaban J connectivity index is 2.30. The molecule has 0 aliphatic heterocycles. The Labute approximate surface area is 96.9 Å². The van der Waals surface area contributed by atoms with Crippen LogP contribution < -0.4 is 4.90 Å². The number of benzene rings is 1. The number of thiophene rings is 1. The maximum atomic E-state index is 13.5. The minimum Gasteiger partial charge on any atom is -0.308 e. The van der Waals surface area contributed by atoms with Gasteiger partial charge in [0.05, 0.1) is 10.6 Å². The first-order valence-corrected chi connectivity index (χ1v) is 5.64. The quantitative estimate of drug-likeness (QED) is 0.783. The van der Waals surface area contributed by atoms with E-state index in [2.05, 4.69) is 0 Å². The Kier molecular flexibility index (Phi) is 3.01. The monoisotopic (exact) mass is 235 g/mol. The van der Waals surface area contributed by atoms with Gasteiger partial charge >= 0.3 is 0 Å². The van der Waals surface area contributed by atoms with E-state index in [0.717, 1.165) is 0 Å². The first-order valence-electron chi connectivity index (χ1n) is 4.76. The number of hydrogen-bond acceptors (Lipinski definition) is 2. The molecule has 0 radical (unpaired) electrons. The van der Waals surface area contributed by atoms with Crippen LogP contribution >= 0.6 is 11.3 Å². The predicted octanol–water partition coefficient (Wildman–Crippen LogP) is 3.16. The lowest BCUT2D eigenvalue weighted by Crippen LogP contribution is -2.26. The van der Waals surface area contributed by atoms with E-state index in [-0.39, 0.29) is 5.91 Å². The van der Waals surface area contributed by atoms with E-state index in [4.69, 9.17) is 0 Å². The zero-order chi connectivity index (χ0) is 11.5.